The van der Waals surface area contributed by atoms with Gasteiger partial charge in [0.05, 0.1) is 15.6 Å². The molecular weight excluding hydrogens is 370 g/mol. The summed E-state index contributed by atoms with van der Waals surface area (Å²) in [6.45, 7) is 6.21. The second kappa shape index (κ2) is 6.72. The van der Waals surface area contributed by atoms with Crippen molar-refractivity contribution in [3.8, 4) is 10.8 Å². The number of anilines is 1. The average Bonchev–Trinajstić information content (AvgIpc) is 3.11. The van der Waals surface area contributed by atoms with Gasteiger partial charge in [0, 0.05) is 36.9 Å². The average molecular weight is 391 g/mol. The normalized spacial score (nSPS) is 20.1. The Morgan fingerprint density at radius 3 is 2.68 bits per heavy atom. The first-order valence-electron chi connectivity index (χ1n) is 9.52. The van der Waals surface area contributed by atoms with Crippen LogP contribution in [-0.4, -0.2) is 30.2 Å². The van der Waals surface area contributed by atoms with Crippen LogP contribution in [-0.2, 0) is 0 Å². The summed E-state index contributed by atoms with van der Waals surface area (Å²) >= 11 is 1.54. The van der Waals surface area contributed by atoms with E-state index in [0.717, 1.165) is 34.0 Å². The van der Waals surface area contributed by atoms with Gasteiger partial charge in [-0.2, -0.15) is 0 Å². The topological polar surface area (TPSA) is 58.4 Å². The first-order chi connectivity index (χ1) is 13.6. The Labute approximate surface area is 166 Å². The van der Waals surface area contributed by atoms with Crippen LogP contribution in [0.15, 0.2) is 57.7 Å². The minimum atomic E-state index is -0.0337. The maximum atomic E-state index is 12.8. The van der Waals surface area contributed by atoms with E-state index >= 15 is 0 Å². The number of piperazine rings is 1. The number of hydrogen-bond donors (Lipinski definition) is 1. The van der Waals surface area contributed by atoms with Gasteiger partial charge in [0.1, 0.15) is 5.58 Å². The lowest BCUT2D eigenvalue weighted by molar-refractivity contribution is 0.407. The van der Waals surface area contributed by atoms with Crippen molar-refractivity contribution in [3.05, 3.63) is 58.8 Å². The third kappa shape index (κ3) is 3.08. The maximum absolute atomic E-state index is 12.8. The van der Waals surface area contributed by atoms with Crippen LogP contribution in [0.5, 0.6) is 0 Å². The first kappa shape index (κ1) is 17.4. The van der Waals surface area contributed by atoms with Crippen LogP contribution in [0.1, 0.15) is 13.8 Å². The van der Waals surface area contributed by atoms with Gasteiger partial charge in [0.2, 0.25) is 0 Å². The predicted octanol–water partition coefficient (Wildman–Crippen LogP) is 4.26. The Balaban J connectivity index is 1.56. The van der Waals surface area contributed by atoms with E-state index in [4.69, 9.17) is 4.42 Å². The number of nitrogens with zero attached hydrogens (tertiary/aromatic N) is 2. The van der Waals surface area contributed by atoms with E-state index in [0.29, 0.717) is 28.8 Å². The van der Waals surface area contributed by atoms with Gasteiger partial charge in [-0.3, -0.25) is 4.79 Å². The summed E-state index contributed by atoms with van der Waals surface area (Å²) in [5.41, 5.74) is 2.55. The molecule has 0 amide bonds. The molecule has 0 bridgehead atoms. The molecule has 142 valence electrons. The van der Waals surface area contributed by atoms with Gasteiger partial charge >= 0.3 is 0 Å². The maximum Gasteiger partial charge on any atom is 0.193 e. The molecule has 28 heavy (non-hydrogen) atoms. The molecule has 4 aromatic rings. The number of hydrogen-bond acceptors (Lipinski definition) is 6. The zero-order valence-corrected chi connectivity index (χ0v) is 16.6. The van der Waals surface area contributed by atoms with Crippen molar-refractivity contribution in [3.63, 3.8) is 0 Å². The lowest BCUT2D eigenvalue weighted by Crippen LogP contribution is -2.54. The molecule has 0 spiro atoms. The van der Waals surface area contributed by atoms with E-state index in [1.807, 2.05) is 42.5 Å². The molecule has 3 heterocycles. The van der Waals surface area contributed by atoms with Gasteiger partial charge in [0.25, 0.3) is 0 Å². The number of fused-ring (bicyclic) bond motifs is 2. The minimum Gasteiger partial charge on any atom is -0.453 e. The van der Waals surface area contributed by atoms with Crippen LogP contribution in [0.3, 0.4) is 0 Å². The third-order valence-corrected chi connectivity index (χ3v) is 6.19. The quantitative estimate of drug-likeness (QED) is 0.553. The number of nitrogens with one attached hydrogen (secondary N) is 1. The zero-order chi connectivity index (χ0) is 19.3. The van der Waals surface area contributed by atoms with E-state index in [9.17, 15) is 4.79 Å². The van der Waals surface area contributed by atoms with Crippen LogP contribution in [0, 0.1) is 0 Å². The second-order valence-corrected chi connectivity index (χ2v) is 8.55. The van der Waals surface area contributed by atoms with E-state index in [1.54, 1.807) is 6.07 Å². The molecule has 1 N–H and O–H groups in total. The van der Waals surface area contributed by atoms with Crippen LogP contribution in [0.2, 0.25) is 0 Å². The fraction of sp³-hybridized carbons (Fsp3) is 0.273. The van der Waals surface area contributed by atoms with E-state index in [-0.39, 0.29) is 5.43 Å². The predicted molar refractivity (Wildman–Crippen MR) is 115 cm³/mol. The highest BCUT2D eigenvalue weighted by Crippen LogP contribution is 2.31. The fourth-order valence-corrected chi connectivity index (χ4v) is 4.88. The molecule has 6 heteroatoms. The molecule has 2 aromatic carbocycles. The van der Waals surface area contributed by atoms with Crippen LogP contribution in [0.4, 0.5) is 5.69 Å². The molecule has 2 aromatic heterocycles. The number of para-hydroxylation sites is 1. The summed E-state index contributed by atoms with van der Waals surface area (Å²) in [5, 5.41) is 4.88. The Morgan fingerprint density at radius 1 is 1.11 bits per heavy atom. The molecular formula is C22H21N3O2S. The van der Waals surface area contributed by atoms with Gasteiger partial charge in [-0.25, -0.2) is 4.98 Å². The van der Waals surface area contributed by atoms with Crippen molar-refractivity contribution in [2.75, 3.05) is 18.0 Å². The lowest BCUT2D eigenvalue weighted by Gasteiger charge is -2.37. The van der Waals surface area contributed by atoms with E-state index < -0.39 is 0 Å². The second-order valence-electron chi connectivity index (χ2n) is 7.52. The molecule has 1 aliphatic heterocycles. The number of aromatic nitrogens is 1. The molecule has 0 aliphatic carbocycles. The Kier molecular flexibility index (Phi) is 4.18. The number of thiazole rings is 1. The lowest BCUT2D eigenvalue weighted by atomic mass is 10.1. The molecule has 1 aliphatic rings. The number of rotatable bonds is 2. The van der Waals surface area contributed by atoms with Crippen LogP contribution >= 0.6 is 11.3 Å². The molecule has 2 atom stereocenters. The largest absolute Gasteiger partial charge is 0.453 e. The summed E-state index contributed by atoms with van der Waals surface area (Å²) in [6.07, 6.45) is 0. The first-order valence-corrected chi connectivity index (χ1v) is 10.3. The van der Waals surface area contributed by atoms with Crippen molar-refractivity contribution >= 4 is 38.2 Å². The summed E-state index contributed by atoms with van der Waals surface area (Å²) in [5.74, 6) is 0.524. The Bertz CT molecular complexity index is 1190. The van der Waals surface area contributed by atoms with E-state index in [2.05, 4.69) is 29.0 Å². The monoisotopic (exact) mass is 391 g/mol. The van der Waals surface area contributed by atoms with Crippen molar-refractivity contribution in [1.82, 2.24) is 10.3 Å². The molecule has 0 radical (unpaired) electrons. The van der Waals surface area contributed by atoms with Gasteiger partial charge in [-0.1, -0.05) is 12.1 Å². The molecule has 0 unspecified atom stereocenters. The van der Waals surface area contributed by atoms with Crippen LogP contribution in [0.25, 0.3) is 32.0 Å². The Morgan fingerprint density at radius 2 is 1.89 bits per heavy atom. The highest BCUT2D eigenvalue weighted by Gasteiger charge is 2.22. The summed E-state index contributed by atoms with van der Waals surface area (Å²) in [4.78, 5) is 19.8. The molecule has 5 nitrogen and oxygen atoms in total. The van der Waals surface area contributed by atoms with Crippen molar-refractivity contribution in [1.29, 1.82) is 0 Å². The molecule has 1 fully saturated rings. The minimum absolute atomic E-state index is 0.0337. The van der Waals surface area contributed by atoms with Crippen molar-refractivity contribution in [2.24, 2.45) is 0 Å². The van der Waals surface area contributed by atoms with Gasteiger partial charge in [0.15, 0.2) is 16.2 Å². The van der Waals surface area contributed by atoms with Crippen LogP contribution < -0.4 is 15.6 Å². The summed E-state index contributed by atoms with van der Waals surface area (Å²) in [6, 6.07) is 16.2. The number of benzene rings is 2. The Hall–Kier alpha value is -2.70. The smallest absolute Gasteiger partial charge is 0.193 e. The zero-order valence-electron chi connectivity index (χ0n) is 15.8. The SMILES string of the molecule is C[C@@H]1CN(c2ccc3oc(-c4nc5ccccc5s4)cc(=O)c3c2)C[C@H](C)N1. The highest BCUT2D eigenvalue weighted by molar-refractivity contribution is 7.21. The van der Waals surface area contributed by atoms with Crippen molar-refractivity contribution < 1.29 is 4.42 Å². The van der Waals surface area contributed by atoms with Crippen molar-refractivity contribution in [2.45, 2.75) is 25.9 Å². The molecule has 0 saturated carbocycles. The molecule has 1 saturated heterocycles. The van der Waals surface area contributed by atoms with E-state index in [1.165, 1.54) is 11.3 Å². The standard InChI is InChI=1S/C22H21N3O2S/c1-13-11-25(12-14(2)23-13)15-7-8-19-16(9-15)18(26)10-20(27-19)22-24-17-5-3-4-6-21(17)28-22/h3-10,13-14,23H,11-12H2,1-2H3/t13-,14+. The summed E-state index contributed by atoms with van der Waals surface area (Å²) in [7, 11) is 0. The van der Waals surface area contributed by atoms with Gasteiger partial charge in [-0.15, -0.1) is 11.3 Å². The fourth-order valence-electron chi connectivity index (χ4n) is 3.96. The molecule has 5 rings (SSSR count). The third-order valence-electron chi connectivity index (χ3n) is 5.14. The highest BCUT2D eigenvalue weighted by atomic mass is 32.1. The van der Waals surface area contributed by atoms with Gasteiger partial charge in [-0.05, 0) is 44.2 Å². The summed E-state index contributed by atoms with van der Waals surface area (Å²) < 4.78 is 7.14. The van der Waals surface area contributed by atoms with Gasteiger partial charge < -0.3 is 14.6 Å².